The van der Waals surface area contributed by atoms with Crippen LogP contribution in [0.25, 0.3) is 32.7 Å². The first-order chi connectivity index (χ1) is 14.8. The molecule has 0 unspecified atom stereocenters. The Morgan fingerprint density at radius 2 is 1.61 bits per heavy atom. The second kappa shape index (κ2) is 10.3. The molecule has 4 rings (SSSR count). The van der Waals surface area contributed by atoms with Crippen molar-refractivity contribution in [1.82, 2.24) is 0 Å². The fraction of sp³-hybridized carbons (Fsp3) is 0.333. The summed E-state index contributed by atoms with van der Waals surface area (Å²) in [7, 11) is 0.965. The van der Waals surface area contributed by atoms with Gasteiger partial charge in [-0.2, -0.15) is 11.3 Å². The number of benzene rings is 3. The van der Waals surface area contributed by atoms with E-state index in [9.17, 15) is 0 Å². The van der Waals surface area contributed by atoms with E-state index in [1.165, 1.54) is 48.9 Å². The van der Waals surface area contributed by atoms with Crippen LogP contribution in [-0.2, 0) is 0 Å². The van der Waals surface area contributed by atoms with Gasteiger partial charge in [0.15, 0.2) is 0 Å². The lowest BCUT2D eigenvalue weighted by molar-refractivity contribution is 0.407. The maximum absolute atomic E-state index is 6.03. The molecule has 0 saturated heterocycles. The molecular weight excluding hydrogens is 436 g/mol. The Morgan fingerprint density at radius 3 is 2.26 bits per heavy atom. The Labute approximate surface area is 197 Å². The topological polar surface area (TPSA) is 9.23 Å². The highest BCUT2D eigenvalue weighted by molar-refractivity contribution is 8.32. The summed E-state index contributed by atoms with van der Waals surface area (Å²) in [5.74, 6) is 2.02. The van der Waals surface area contributed by atoms with Crippen LogP contribution < -0.4 is 4.74 Å². The molecule has 0 spiro atoms. The third-order valence-corrected chi connectivity index (χ3v) is 8.33. The van der Waals surface area contributed by atoms with Crippen molar-refractivity contribution in [3.05, 3.63) is 53.2 Å². The minimum atomic E-state index is -0.837. The fourth-order valence-corrected chi connectivity index (χ4v) is 6.25. The molecule has 0 N–H and O–H groups in total. The van der Waals surface area contributed by atoms with Gasteiger partial charge in [-0.25, -0.2) is 10.0 Å². The minimum absolute atomic E-state index is 0.837. The summed E-state index contributed by atoms with van der Waals surface area (Å²) >= 11 is 3.63. The molecule has 166 valence electrons. The highest BCUT2D eigenvalue weighted by Gasteiger charge is 2.20. The van der Waals surface area contributed by atoms with E-state index < -0.39 is 10.0 Å². The predicted molar refractivity (Wildman–Crippen MR) is 147 cm³/mol. The van der Waals surface area contributed by atoms with Crippen molar-refractivity contribution in [2.75, 3.05) is 31.6 Å². The van der Waals surface area contributed by atoms with E-state index in [2.05, 4.69) is 92.8 Å². The Morgan fingerprint density at radius 1 is 0.903 bits per heavy atom. The van der Waals surface area contributed by atoms with Crippen LogP contribution in [0.3, 0.4) is 0 Å². The third kappa shape index (κ3) is 5.08. The first-order valence-corrected chi connectivity index (χ1v) is 15.5. The Hall–Kier alpha value is -1.62. The smallest absolute Gasteiger partial charge is 0.140 e. The van der Waals surface area contributed by atoms with Gasteiger partial charge in [0.05, 0.1) is 12.0 Å². The summed E-state index contributed by atoms with van der Waals surface area (Å²) in [5, 5.41) is 9.73. The van der Waals surface area contributed by atoms with Crippen LogP contribution in [-0.4, -0.2) is 31.6 Å². The van der Waals surface area contributed by atoms with E-state index in [1.54, 1.807) is 18.4 Å². The second-order valence-corrected chi connectivity index (χ2v) is 14.5. The zero-order valence-corrected chi connectivity index (χ0v) is 22.2. The van der Waals surface area contributed by atoms with Gasteiger partial charge >= 0.3 is 0 Å². The molecule has 1 aromatic heterocycles. The van der Waals surface area contributed by atoms with Gasteiger partial charge in [0.2, 0.25) is 0 Å². The Balaban J connectivity index is 0.000000858. The zero-order valence-electron chi connectivity index (χ0n) is 19.7. The largest absolute Gasteiger partial charge is 0.495 e. The van der Waals surface area contributed by atoms with Crippen LogP contribution in [0, 0.1) is 0 Å². The van der Waals surface area contributed by atoms with Crippen molar-refractivity contribution in [2.45, 2.75) is 37.0 Å². The molecule has 0 fully saturated rings. The van der Waals surface area contributed by atoms with Crippen molar-refractivity contribution in [2.24, 2.45) is 0 Å². The monoisotopic (exact) mass is 470 g/mol. The van der Waals surface area contributed by atoms with Crippen LogP contribution in [0.15, 0.2) is 63.0 Å². The maximum Gasteiger partial charge on any atom is 0.140 e. The third-order valence-electron chi connectivity index (χ3n) is 5.01. The average molecular weight is 471 g/mol. The normalized spacial score (nSPS) is 12.0. The van der Waals surface area contributed by atoms with Crippen molar-refractivity contribution in [1.29, 1.82) is 0 Å². The molecule has 0 saturated carbocycles. The average Bonchev–Trinajstić information content (AvgIpc) is 3.21. The maximum atomic E-state index is 6.03. The van der Waals surface area contributed by atoms with E-state index in [0.717, 1.165) is 11.5 Å². The van der Waals surface area contributed by atoms with Crippen LogP contribution in [0.4, 0.5) is 0 Å². The van der Waals surface area contributed by atoms with E-state index in [0.29, 0.717) is 0 Å². The molecule has 31 heavy (non-hydrogen) atoms. The minimum Gasteiger partial charge on any atom is -0.495 e. The number of thioether (sulfide) groups is 1. The molecule has 0 aliphatic rings. The molecule has 1 heterocycles. The molecule has 0 amide bonds. The van der Waals surface area contributed by atoms with E-state index >= 15 is 0 Å². The lowest BCUT2D eigenvalue weighted by atomic mass is 9.94. The number of hydrogen-bond donors (Lipinski definition) is 0. The highest BCUT2D eigenvalue weighted by atomic mass is 32.3. The summed E-state index contributed by atoms with van der Waals surface area (Å²) in [6, 6.07) is 15.7. The SMILES string of the molecule is CCC.CCSc1cc2ccccc2c(-c2cc(S(C)(C)C)cc3cscc23)c1OC. The lowest BCUT2D eigenvalue weighted by Gasteiger charge is -2.27. The second-order valence-electron chi connectivity index (χ2n) is 8.33. The van der Waals surface area contributed by atoms with Gasteiger partial charge in [-0.15, -0.1) is 11.8 Å². The summed E-state index contributed by atoms with van der Waals surface area (Å²) in [5.41, 5.74) is 2.52. The fourth-order valence-electron chi connectivity index (χ4n) is 3.65. The summed E-state index contributed by atoms with van der Waals surface area (Å²) < 4.78 is 6.03. The molecule has 3 aromatic carbocycles. The standard InChI is InChI=1S/C24H26OS3.C3H8/c1-6-27-22-12-16-9-7-8-10-19(16)23(24(22)25-2)20-13-18(28(3,4)5)11-17-14-26-15-21(17)20;1-3-2/h7-15H,6H2,1-5H3;3H2,1-2H3. The molecule has 0 radical (unpaired) electrons. The van der Waals surface area contributed by atoms with Crippen LogP contribution in [0.1, 0.15) is 27.2 Å². The van der Waals surface area contributed by atoms with Gasteiger partial charge in [-0.05, 0) is 80.1 Å². The van der Waals surface area contributed by atoms with Crippen LogP contribution in [0.5, 0.6) is 5.75 Å². The highest BCUT2D eigenvalue weighted by Crippen LogP contribution is 2.51. The van der Waals surface area contributed by atoms with Crippen molar-refractivity contribution in [3.8, 4) is 16.9 Å². The summed E-state index contributed by atoms with van der Waals surface area (Å²) in [6.07, 6.45) is 8.34. The number of methoxy groups -OCH3 is 1. The molecule has 0 atom stereocenters. The van der Waals surface area contributed by atoms with Gasteiger partial charge in [0, 0.05) is 10.9 Å². The van der Waals surface area contributed by atoms with Gasteiger partial charge in [0.1, 0.15) is 5.75 Å². The van der Waals surface area contributed by atoms with Gasteiger partial charge in [-0.3, -0.25) is 0 Å². The van der Waals surface area contributed by atoms with E-state index in [4.69, 9.17) is 4.74 Å². The van der Waals surface area contributed by atoms with Gasteiger partial charge in [0.25, 0.3) is 0 Å². The zero-order chi connectivity index (χ0) is 22.6. The number of ether oxygens (including phenoxy) is 1. The first-order valence-electron chi connectivity index (χ1n) is 10.8. The number of hydrogen-bond acceptors (Lipinski definition) is 3. The van der Waals surface area contributed by atoms with Crippen LogP contribution >= 0.6 is 33.1 Å². The van der Waals surface area contributed by atoms with Gasteiger partial charge in [-0.1, -0.05) is 51.5 Å². The molecule has 1 nitrogen and oxygen atoms in total. The molecule has 0 aliphatic heterocycles. The van der Waals surface area contributed by atoms with Gasteiger partial charge < -0.3 is 4.74 Å². The van der Waals surface area contributed by atoms with Crippen LogP contribution in [0.2, 0.25) is 0 Å². The molecule has 4 heteroatoms. The van der Waals surface area contributed by atoms with E-state index in [-0.39, 0.29) is 0 Å². The Kier molecular flexibility index (Phi) is 8.01. The quantitative estimate of drug-likeness (QED) is 0.269. The molecule has 0 aliphatic carbocycles. The molecular formula is C27H34OS3. The summed E-state index contributed by atoms with van der Waals surface area (Å²) in [6.45, 7) is 6.44. The lowest BCUT2D eigenvalue weighted by Crippen LogP contribution is -1.97. The summed E-state index contributed by atoms with van der Waals surface area (Å²) in [4.78, 5) is 2.66. The number of rotatable bonds is 5. The molecule has 0 bridgehead atoms. The number of thiophene rings is 1. The Bertz CT molecular complexity index is 1170. The predicted octanol–water partition coefficient (Wildman–Crippen LogP) is 9.31. The van der Waals surface area contributed by atoms with Crippen molar-refractivity contribution < 1.29 is 4.74 Å². The first kappa shape index (κ1) is 24.0. The molecule has 4 aromatic rings. The van der Waals surface area contributed by atoms with Crippen molar-refractivity contribution >= 4 is 54.7 Å². The number of fused-ring (bicyclic) bond motifs is 2. The van der Waals surface area contributed by atoms with Crippen molar-refractivity contribution in [3.63, 3.8) is 0 Å². The van der Waals surface area contributed by atoms with E-state index in [1.807, 2.05) is 11.8 Å².